The molecule has 0 radical (unpaired) electrons. The van der Waals surface area contributed by atoms with E-state index in [0.29, 0.717) is 6.04 Å². The minimum Gasteiger partial charge on any atom is -0.371 e. The fraction of sp³-hybridized carbons (Fsp3) is 0.750. The smallest absolute Gasteiger partial charge is 0.122 e. The van der Waals surface area contributed by atoms with E-state index in [2.05, 4.69) is 17.6 Å². The zero-order chi connectivity index (χ0) is 11.4. The molecule has 1 fully saturated rings. The molecule has 0 aromatic carbocycles. The number of rotatable bonds is 5. The van der Waals surface area contributed by atoms with Gasteiger partial charge in [-0.15, -0.1) is 11.3 Å². The maximum atomic E-state index is 5.68. The SMILES string of the molecule is CCOC(CC)c1nc(C2CCCN2)cs1. The highest BCUT2D eigenvalue weighted by atomic mass is 32.1. The molecule has 1 aromatic heterocycles. The van der Waals surface area contributed by atoms with Crippen molar-refractivity contribution in [2.75, 3.05) is 13.2 Å². The van der Waals surface area contributed by atoms with E-state index in [9.17, 15) is 0 Å². The van der Waals surface area contributed by atoms with Crippen molar-refractivity contribution in [3.8, 4) is 0 Å². The molecule has 1 N–H and O–H groups in total. The molecule has 0 spiro atoms. The van der Waals surface area contributed by atoms with E-state index in [1.165, 1.54) is 18.5 Å². The third-order valence-corrected chi connectivity index (χ3v) is 3.93. The molecule has 16 heavy (non-hydrogen) atoms. The lowest BCUT2D eigenvalue weighted by atomic mass is 10.2. The summed E-state index contributed by atoms with van der Waals surface area (Å²) >= 11 is 1.73. The van der Waals surface area contributed by atoms with Gasteiger partial charge < -0.3 is 10.1 Å². The molecule has 1 saturated heterocycles. The summed E-state index contributed by atoms with van der Waals surface area (Å²) in [6, 6.07) is 0.476. The lowest BCUT2D eigenvalue weighted by Crippen LogP contribution is -2.13. The first-order valence-electron chi connectivity index (χ1n) is 6.15. The average Bonchev–Trinajstić information content (AvgIpc) is 2.95. The van der Waals surface area contributed by atoms with Gasteiger partial charge in [-0.3, -0.25) is 0 Å². The van der Waals surface area contributed by atoms with Crippen LogP contribution in [0, 0.1) is 0 Å². The van der Waals surface area contributed by atoms with Gasteiger partial charge in [-0.05, 0) is 32.7 Å². The van der Waals surface area contributed by atoms with Crippen LogP contribution in [0.3, 0.4) is 0 Å². The summed E-state index contributed by atoms with van der Waals surface area (Å²) < 4.78 is 5.68. The lowest BCUT2D eigenvalue weighted by Gasteiger charge is -2.11. The highest BCUT2D eigenvalue weighted by molar-refractivity contribution is 7.09. The number of hydrogen-bond acceptors (Lipinski definition) is 4. The zero-order valence-corrected chi connectivity index (χ0v) is 10.8. The van der Waals surface area contributed by atoms with E-state index >= 15 is 0 Å². The molecule has 1 aliphatic rings. The number of thiazole rings is 1. The predicted molar refractivity (Wildman–Crippen MR) is 66.7 cm³/mol. The largest absolute Gasteiger partial charge is 0.371 e. The first kappa shape index (κ1) is 12.0. The van der Waals surface area contributed by atoms with Gasteiger partial charge >= 0.3 is 0 Å². The second-order valence-corrected chi connectivity index (χ2v) is 5.00. The third kappa shape index (κ3) is 2.62. The monoisotopic (exact) mass is 240 g/mol. The van der Waals surface area contributed by atoms with Crippen LogP contribution < -0.4 is 5.32 Å². The first-order chi connectivity index (χ1) is 7.85. The van der Waals surface area contributed by atoms with Gasteiger partial charge in [0.25, 0.3) is 0 Å². The standard InChI is InChI=1S/C12H20N2OS/c1-3-11(15-4-2)12-14-10(8-16-12)9-6-5-7-13-9/h8-9,11,13H,3-7H2,1-2H3. The number of aromatic nitrogens is 1. The normalized spacial score (nSPS) is 22.5. The highest BCUT2D eigenvalue weighted by Gasteiger charge is 2.21. The van der Waals surface area contributed by atoms with Crippen LogP contribution in [-0.2, 0) is 4.74 Å². The Morgan fingerprint density at radius 1 is 1.62 bits per heavy atom. The number of hydrogen-bond donors (Lipinski definition) is 1. The maximum Gasteiger partial charge on any atom is 0.122 e. The Bertz CT molecular complexity index is 321. The second-order valence-electron chi connectivity index (χ2n) is 4.11. The van der Waals surface area contributed by atoms with Gasteiger partial charge in [0, 0.05) is 12.0 Å². The average molecular weight is 240 g/mol. The van der Waals surface area contributed by atoms with Gasteiger partial charge in [-0.1, -0.05) is 6.92 Å². The zero-order valence-electron chi connectivity index (χ0n) is 10.0. The van der Waals surface area contributed by atoms with Gasteiger partial charge in [0.1, 0.15) is 11.1 Å². The van der Waals surface area contributed by atoms with Crippen molar-refractivity contribution in [3.05, 3.63) is 16.1 Å². The van der Waals surface area contributed by atoms with Crippen molar-refractivity contribution in [1.29, 1.82) is 0 Å². The summed E-state index contributed by atoms with van der Waals surface area (Å²) in [6.07, 6.45) is 3.67. The molecular formula is C12H20N2OS. The van der Waals surface area contributed by atoms with E-state index in [0.717, 1.165) is 24.6 Å². The Kier molecular flexibility index (Phi) is 4.32. The van der Waals surface area contributed by atoms with Gasteiger partial charge in [-0.25, -0.2) is 4.98 Å². The van der Waals surface area contributed by atoms with Gasteiger partial charge in [0.15, 0.2) is 0 Å². The quantitative estimate of drug-likeness (QED) is 0.859. The first-order valence-corrected chi connectivity index (χ1v) is 7.03. The summed E-state index contributed by atoms with van der Waals surface area (Å²) in [5.74, 6) is 0. The Morgan fingerprint density at radius 3 is 3.12 bits per heavy atom. The molecule has 2 heterocycles. The van der Waals surface area contributed by atoms with Gasteiger partial charge in [0.05, 0.1) is 11.7 Å². The Morgan fingerprint density at radius 2 is 2.50 bits per heavy atom. The number of ether oxygens (including phenoxy) is 1. The molecule has 0 bridgehead atoms. The van der Waals surface area contributed by atoms with Crippen molar-refractivity contribution in [2.24, 2.45) is 0 Å². The third-order valence-electron chi connectivity index (χ3n) is 2.97. The van der Waals surface area contributed by atoms with E-state index in [4.69, 9.17) is 9.72 Å². The van der Waals surface area contributed by atoms with Crippen molar-refractivity contribution < 1.29 is 4.74 Å². The van der Waals surface area contributed by atoms with Crippen LogP contribution in [0.25, 0.3) is 0 Å². The molecule has 1 aliphatic heterocycles. The predicted octanol–water partition coefficient (Wildman–Crippen LogP) is 3.06. The maximum absolute atomic E-state index is 5.68. The highest BCUT2D eigenvalue weighted by Crippen LogP contribution is 2.29. The summed E-state index contributed by atoms with van der Waals surface area (Å²) in [5.41, 5.74) is 1.20. The van der Waals surface area contributed by atoms with E-state index in [1.807, 2.05) is 6.92 Å². The van der Waals surface area contributed by atoms with Crippen LogP contribution in [0.2, 0.25) is 0 Å². The minimum atomic E-state index is 0.185. The Labute approximate surface area is 101 Å². The molecule has 90 valence electrons. The lowest BCUT2D eigenvalue weighted by molar-refractivity contribution is 0.0595. The molecule has 1 aromatic rings. The van der Waals surface area contributed by atoms with Crippen molar-refractivity contribution >= 4 is 11.3 Å². The van der Waals surface area contributed by atoms with Crippen molar-refractivity contribution in [2.45, 2.75) is 45.3 Å². The topological polar surface area (TPSA) is 34.1 Å². The molecule has 2 rings (SSSR count). The Hall–Kier alpha value is -0.450. The van der Waals surface area contributed by atoms with Gasteiger partial charge in [-0.2, -0.15) is 0 Å². The molecule has 2 unspecified atom stereocenters. The molecule has 0 aliphatic carbocycles. The van der Waals surface area contributed by atoms with Crippen LogP contribution in [0.1, 0.15) is 56.0 Å². The van der Waals surface area contributed by atoms with Crippen LogP contribution in [0.15, 0.2) is 5.38 Å². The number of nitrogens with zero attached hydrogens (tertiary/aromatic N) is 1. The van der Waals surface area contributed by atoms with Crippen molar-refractivity contribution in [3.63, 3.8) is 0 Å². The van der Waals surface area contributed by atoms with E-state index in [1.54, 1.807) is 11.3 Å². The van der Waals surface area contributed by atoms with Crippen LogP contribution >= 0.6 is 11.3 Å². The summed E-state index contributed by atoms with van der Waals surface area (Å²) in [5, 5.41) is 6.79. The number of nitrogens with one attached hydrogen (secondary N) is 1. The van der Waals surface area contributed by atoms with Gasteiger partial charge in [0.2, 0.25) is 0 Å². The summed E-state index contributed by atoms with van der Waals surface area (Å²) in [4.78, 5) is 4.71. The van der Waals surface area contributed by atoms with Crippen LogP contribution in [-0.4, -0.2) is 18.1 Å². The van der Waals surface area contributed by atoms with E-state index in [-0.39, 0.29) is 6.10 Å². The Balaban J connectivity index is 2.05. The summed E-state index contributed by atoms with van der Waals surface area (Å²) in [6.45, 7) is 6.07. The fourth-order valence-corrected chi connectivity index (χ4v) is 3.11. The fourth-order valence-electron chi connectivity index (χ4n) is 2.11. The van der Waals surface area contributed by atoms with E-state index < -0.39 is 0 Å². The van der Waals surface area contributed by atoms with Crippen LogP contribution in [0.4, 0.5) is 0 Å². The summed E-state index contributed by atoms with van der Waals surface area (Å²) in [7, 11) is 0. The second kappa shape index (κ2) is 5.75. The molecular weight excluding hydrogens is 220 g/mol. The molecule has 2 atom stereocenters. The molecule has 0 saturated carbocycles. The minimum absolute atomic E-state index is 0.185. The molecule has 4 heteroatoms. The molecule has 3 nitrogen and oxygen atoms in total. The van der Waals surface area contributed by atoms with Crippen LogP contribution in [0.5, 0.6) is 0 Å². The van der Waals surface area contributed by atoms with Crippen molar-refractivity contribution in [1.82, 2.24) is 10.3 Å². The molecule has 0 amide bonds.